The van der Waals surface area contributed by atoms with E-state index >= 15 is 0 Å². The Morgan fingerprint density at radius 1 is 1.40 bits per heavy atom. The standard InChI is InChI=1S/C11H16N2O2/c1-12-8-9-4-6-10(7-5-9)11(14)13(2)15-3/h4-7,12H,8H2,1-3H3. The summed E-state index contributed by atoms with van der Waals surface area (Å²) in [6, 6.07) is 7.44. The summed E-state index contributed by atoms with van der Waals surface area (Å²) < 4.78 is 0. The third kappa shape index (κ3) is 3.04. The third-order valence-electron chi connectivity index (χ3n) is 2.14. The van der Waals surface area contributed by atoms with E-state index in [1.165, 1.54) is 12.2 Å². The molecule has 0 aromatic heterocycles. The van der Waals surface area contributed by atoms with Gasteiger partial charge < -0.3 is 5.32 Å². The highest BCUT2D eigenvalue weighted by molar-refractivity contribution is 5.93. The number of carbonyl (C=O) groups is 1. The van der Waals surface area contributed by atoms with Gasteiger partial charge in [0.1, 0.15) is 0 Å². The molecule has 0 unspecified atom stereocenters. The number of amides is 1. The van der Waals surface area contributed by atoms with Crippen molar-refractivity contribution in [3.05, 3.63) is 35.4 Å². The molecule has 0 spiro atoms. The molecule has 1 aromatic rings. The van der Waals surface area contributed by atoms with Crippen LogP contribution in [0.4, 0.5) is 0 Å². The number of rotatable bonds is 4. The van der Waals surface area contributed by atoms with Gasteiger partial charge in [0.25, 0.3) is 5.91 Å². The second kappa shape index (κ2) is 5.48. The molecule has 1 amide bonds. The molecule has 0 atom stereocenters. The van der Waals surface area contributed by atoms with E-state index in [1.54, 1.807) is 19.2 Å². The fourth-order valence-corrected chi connectivity index (χ4v) is 1.23. The quantitative estimate of drug-likeness (QED) is 0.752. The molecule has 0 aliphatic carbocycles. The van der Waals surface area contributed by atoms with Crippen LogP contribution in [0.25, 0.3) is 0 Å². The topological polar surface area (TPSA) is 41.6 Å². The van der Waals surface area contributed by atoms with Crippen LogP contribution in [-0.2, 0) is 11.4 Å². The SMILES string of the molecule is CNCc1ccc(C(=O)N(C)OC)cc1. The zero-order chi connectivity index (χ0) is 11.3. The molecule has 0 aliphatic heterocycles. The highest BCUT2D eigenvalue weighted by Gasteiger charge is 2.10. The van der Waals surface area contributed by atoms with Crippen molar-refractivity contribution in [3.8, 4) is 0 Å². The van der Waals surface area contributed by atoms with Gasteiger partial charge in [0, 0.05) is 19.2 Å². The van der Waals surface area contributed by atoms with Crippen LogP contribution < -0.4 is 5.32 Å². The Hall–Kier alpha value is -1.39. The van der Waals surface area contributed by atoms with Gasteiger partial charge in [-0.3, -0.25) is 9.63 Å². The fourth-order valence-electron chi connectivity index (χ4n) is 1.23. The second-order valence-electron chi connectivity index (χ2n) is 3.21. The van der Waals surface area contributed by atoms with Crippen LogP contribution in [0.2, 0.25) is 0 Å². The average molecular weight is 208 g/mol. The highest BCUT2D eigenvalue weighted by Crippen LogP contribution is 2.06. The van der Waals surface area contributed by atoms with Crippen molar-refractivity contribution in [3.63, 3.8) is 0 Å². The first-order chi connectivity index (χ1) is 7.19. The lowest BCUT2D eigenvalue weighted by Crippen LogP contribution is -2.25. The molecule has 1 rings (SSSR count). The maximum Gasteiger partial charge on any atom is 0.277 e. The second-order valence-corrected chi connectivity index (χ2v) is 3.21. The van der Waals surface area contributed by atoms with Crippen LogP contribution in [0.3, 0.4) is 0 Å². The Morgan fingerprint density at radius 3 is 2.47 bits per heavy atom. The summed E-state index contributed by atoms with van der Waals surface area (Å²) in [6.45, 7) is 0.800. The predicted molar refractivity (Wildman–Crippen MR) is 58.3 cm³/mol. The van der Waals surface area contributed by atoms with Gasteiger partial charge in [-0.1, -0.05) is 12.1 Å². The lowest BCUT2D eigenvalue weighted by Gasteiger charge is -2.13. The van der Waals surface area contributed by atoms with Crippen molar-refractivity contribution in [1.29, 1.82) is 0 Å². The molecule has 0 bridgehead atoms. The van der Waals surface area contributed by atoms with Gasteiger partial charge in [-0.25, -0.2) is 5.06 Å². The van der Waals surface area contributed by atoms with Crippen molar-refractivity contribution in [2.75, 3.05) is 21.2 Å². The number of benzene rings is 1. The highest BCUT2D eigenvalue weighted by atomic mass is 16.7. The Kier molecular flexibility index (Phi) is 4.27. The zero-order valence-corrected chi connectivity index (χ0v) is 9.28. The zero-order valence-electron chi connectivity index (χ0n) is 9.28. The van der Waals surface area contributed by atoms with Crippen LogP contribution in [0.15, 0.2) is 24.3 Å². The molecule has 4 heteroatoms. The van der Waals surface area contributed by atoms with Crippen molar-refractivity contribution < 1.29 is 9.63 Å². The molecule has 15 heavy (non-hydrogen) atoms. The minimum atomic E-state index is -0.145. The van der Waals surface area contributed by atoms with Gasteiger partial charge in [0.05, 0.1) is 7.11 Å². The normalized spacial score (nSPS) is 10.1. The molecular formula is C11H16N2O2. The summed E-state index contributed by atoms with van der Waals surface area (Å²) in [7, 11) is 4.94. The molecule has 0 saturated heterocycles. The van der Waals surface area contributed by atoms with Crippen LogP contribution in [0, 0.1) is 0 Å². The predicted octanol–water partition coefficient (Wildman–Crippen LogP) is 1.04. The summed E-state index contributed by atoms with van der Waals surface area (Å²) >= 11 is 0. The first kappa shape index (κ1) is 11.7. The number of hydrogen-bond acceptors (Lipinski definition) is 3. The summed E-state index contributed by atoms with van der Waals surface area (Å²) in [6.07, 6.45) is 0. The molecule has 0 radical (unpaired) electrons. The van der Waals surface area contributed by atoms with E-state index in [2.05, 4.69) is 5.32 Å². The largest absolute Gasteiger partial charge is 0.316 e. The Labute approximate surface area is 89.8 Å². The first-order valence-corrected chi connectivity index (χ1v) is 4.74. The lowest BCUT2D eigenvalue weighted by atomic mass is 10.1. The number of hydrogen-bond donors (Lipinski definition) is 1. The molecule has 82 valence electrons. The van der Waals surface area contributed by atoms with Crippen molar-refractivity contribution in [1.82, 2.24) is 10.4 Å². The van der Waals surface area contributed by atoms with E-state index in [9.17, 15) is 4.79 Å². The molecular weight excluding hydrogens is 192 g/mol. The van der Waals surface area contributed by atoms with Gasteiger partial charge in [0.15, 0.2) is 0 Å². The Balaban J connectivity index is 2.75. The van der Waals surface area contributed by atoms with Crippen LogP contribution in [-0.4, -0.2) is 32.2 Å². The van der Waals surface area contributed by atoms with Gasteiger partial charge in [0.2, 0.25) is 0 Å². The van der Waals surface area contributed by atoms with E-state index in [0.29, 0.717) is 5.56 Å². The van der Waals surface area contributed by atoms with Crippen LogP contribution >= 0.6 is 0 Å². The monoisotopic (exact) mass is 208 g/mol. The van der Waals surface area contributed by atoms with Gasteiger partial charge >= 0.3 is 0 Å². The van der Waals surface area contributed by atoms with E-state index in [0.717, 1.165) is 12.1 Å². The number of nitrogens with zero attached hydrogens (tertiary/aromatic N) is 1. The smallest absolute Gasteiger partial charge is 0.277 e. The van der Waals surface area contributed by atoms with Gasteiger partial charge in [-0.15, -0.1) is 0 Å². The van der Waals surface area contributed by atoms with Crippen LogP contribution in [0.1, 0.15) is 15.9 Å². The summed E-state index contributed by atoms with van der Waals surface area (Å²) in [4.78, 5) is 16.4. The van der Waals surface area contributed by atoms with Crippen molar-refractivity contribution in [2.24, 2.45) is 0 Å². The van der Waals surface area contributed by atoms with E-state index < -0.39 is 0 Å². The summed E-state index contributed by atoms with van der Waals surface area (Å²) in [5.41, 5.74) is 1.77. The molecule has 0 fully saturated rings. The molecule has 0 saturated carbocycles. The van der Waals surface area contributed by atoms with E-state index in [1.807, 2.05) is 19.2 Å². The Morgan fingerprint density at radius 2 is 2.00 bits per heavy atom. The average Bonchev–Trinajstić information content (AvgIpc) is 2.28. The molecule has 4 nitrogen and oxygen atoms in total. The van der Waals surface area contributed by atoms with Crippen molar-refractivity contribution in [2.45, 2.75) is 6.54 Å². The maximum atomic E-state index is 11.6. The minimum absolute atomic E-state index is 0.145. The first-order valence-electron chi connectivity index (χ1n) is 4.74. The van der Waals surface area contributed by atoms with Crippen molar-refractivity contribution >= 4 is 5.91 Å². The lowest BCUT2D eigenvalue weighted by molar-refractivity contribution is -0.0756. The van der Waals surface area contributed by atoms with Gasteiger partial charge in [-0.2, -0.15) is 0 Å². The van der Waals surface area contributed by atoms with E-state index in [4.69, 9.17) is 4.84 Å². The maximum absolute atomic E-state index is 11.6. The number of carbonyl (C=O) groups excluding carboxylic acids is 1. The molecule has 1 N–H and O–H groups in total. The molecule has 0 heterocycles. The fraction of sp³-hybridized carbons (Fsp3) is 0.364. The minimum Gasteiger partial charge on any atom is -0.316 e. The third-order valence-corrected chi connectivity index (χ3v) is 2.14. The Bertz CT molecular complexity index is 322. The summed E-state index contributed by atoms with van der Waals surface area (Å²) in [5, 5.41) is 4.25. The molecule has 0 aliphatic rings. The van der Waals surface area contributed by atoms with Gasteiger partial charge in [-0.05, 0) is 24.7 Å². The molecule has 1 aromatic carbocycles. The number of nitrogens with one attached hydrogen (secondary N) is 1. The summed E-state index contributed by atoms with van der Waals surface area (Å²) in [5.74, 6) is -0.145. The van der Waals surface area contributed by atoms with E-state index in [-0.39, 0.29) is 5.91 Å². The number of hydroxylamine groups is 2. The van der Waals surface area contributed by atoms with Crippen LogP contribution in [0.5, 0.6) is 0 Å².